The van der Waals surface area contributed by atoms with Crippen LogP contribution >= 0.6 is 0 Å². The first-order chi connectivity index (χ1) is 13.2. The van der Waals surface area contributed by atoms with E-state index in [1.54, 1.807) is 48.5 Å². The number of benzene rings is 2. The predicted molar refractivity (Wildman–Crippen MR) is 99.1 cm³/mol. The highest BCUT2D eigenvalue weighted by Gasteiger charge is 2.30. The molecule has 1 aliphatic heterocycles. The van der Waals surface area contributed by atoms with E-state index in [1.807, 2.05) is 11.0 Å². The largest absolute Gasteiger partial charge is 0.508 e. The zero-order valence-electron chi connectivity index (χ0n) is 14.3. The molecule has 5 nitrogen and oxygen atoms in total. The third kappa shape index (κ3) is 3.98. The highest BCUT2D eigenvalue weighted by molar-refractivity contribution is 5.46. The second-order valence-corrected chi connectivity index (χ2v) is 6.15. The Labute approximate surface area is 156 Å². The summed E-state index contributed by atoms with van der Waals surface area (Å²) in [5, 5.41) is 17.6. The molecular formula is C21H16FN3O2. The summed E-state index contributed by atoms with van der Waals surface area (Å²) < 4.78 is 19.3. The molecule has 2 aromatic carbocycles. The number of aromatic hydroxyl groups is 1. The molecule has 3 aromatic rings. The number of halogens is 1. The third-order valence-corrected chi connectivity index (χ3v) is 4.16. The fourth-order valence-corrected chi connectivity index (χ4v) is 2.66. The molecule has 1 aromatic heterocycles. The minimum Gasteiger partial charge on any atom is -0.508 e. The summed E-state index contributed by atoms with van der Waals surface area (Å²) in [5.74, 6) is 6.77. The van der Waals surface area contributed by atoms with Gasteiger partial charge in [0.1, 0.15) is 17.5 Å². The zero-order valence-corrected chi connectivity index (χ0v) is 14.3. The summed E-state index contributed by atoms with van der Waals surface area (Å²) >= 11 is 0. The average molecular weight is 361 g/mol. The van der Waals surface area contributed by atoms with Gasteiger partial charge in [-0.2, -0.15) is 0 Å². The van der Waals surface area contributed by atoms with Gasteiger partial charge in [0.2, 0.25) is 0 Å². The highest BCUT2D eigenvalue weighted by Crippen LogP contribution is 2.24. The van der Waals surface area contributed by atoms with Crippen LogP contribution in [-0.4, -0.2) is 34.5 Å². The highest BCUT2D eigenvalue weighted by atomic mass is 19.1. The van der Waals surface area contributed by atoms with Crippen LogP contribution in [0, 0.1) is 17.7 Å². The number of nitrogens with zero attached hydrogens (tertiary/aromatic N) is 3. The van der Waals surface area contributed by atoms with Crippen LogP contribution in [0.15, 0.2) is 60.7 Å². The molecule has 0 aliphatic carbocycles. The smallest absolute Gasteiger partial charge is 0.165 e. The number of rotatable bonds is 3. The Kier molecular flexibility index (Phi) is 4.58. The molecule has 1 fully saturated rings. The Morgan fingerprint density at radius 3 is 2.44 bits per heavy atom. The monoisotopic (exact) mass is 361 g/mol. The van der Waals surface area contributed by atoms with Crippen LogP contribution in [0.25, 0.3) is 0 Å². The lowest BCUT2D eigenvalue weighted by Gasteiger charge is -2.39. The SMILES string of the molecule is Oc1ccc(C#Cc2ccc(N3CC(Oc4ccccc4F)C3)nn2)cc1. The van der Waals surface area contributed by atoms with Crippen LogP contribution in [0.5, 0.6) is 11.5 Å². The summed E-state index contributed by atoms with van der Waals surface area (Å²) in [7, 11) is 0. The van der Waals surface area contributed by atoms with Crippen LogP contribution in [0.3, 0.4) is 0 Å². The number of phenols is 1. The van der Waals surface area contributed by atoms with Crippen LogP contribution in [0.4, 0.5) is 10.2 Å². The van der Waals surface area contributed by atoms with Gasteiger partial charge in [-0.15, -0.1) is 10.2 Å². The maximum Gasteiger partial charge on any atom is 0.165 e. The lowest BCUT2D eigenvalue weighted by atomic mass is 10.1. The van der Waals surface area contributed by atoms with E-state index in [0.717, 1.165) is 11.4 Å². The van der Waals surface area contributed by atoms with E-state index in [9.17, 15) is 9.50 Å². The van der Waals surface area contributed by atoms with E-state index in [1.165, 1.54) is 6.07 Å². The van der Waals surface area contributed by atoms with E-state index in [0.29, 0.717) is 18.8 Å². The van der Waals surface area contributed by atoms with E-state index in [4.69, 9.17) is 4.74 Å². The Morgan fingerprint density at radius 1 is 0.963 bits per heavy atom. The quantitative estimate of drug-likeness (QED) is 0.727. The maximum absolute atomic E-state index is 13.6. The van der Waals surface area contributed by atoms with Gasteiger partial charge in [0.15, 0.2) is 17.4 Å². The molecule has 0 spiro atoms. The molecule has 0 atom stereocenters. The molecule has 1 aliphatic rings. The van der Waals surface area contributed by atoms with Crippen molar-refractivity contribution in [3.8, 4) is 23.3 Å². The second kappa shape index (κ2) is 7.34. The van der Waals surface area contributed by atoms with Gasteiger partial charge in [-0.05, 0) is 54.5 Å². The van der Waals surface area contributed by atoms with Crippen LogP contribution in [0.2, 0.25) is 0 Å². The Morgan fingerprint density at radius 2 is 1.74 bits per heavy atom. The Hall–Kier alpha value is -3.59. The summed E-state index contributed by atoms with van der Waals surface area (Å²) in [6, 6.07) is 16.7. The fourth-order valence-electron chi connectivity index (χ4n) is 2.66. The first-order valence-electron chi connectivity index (χ1n) is 8.48. The molecule has 6 heteroatoms. The standard InChI is InChI=1S/C21H16FN3O2/c22-19-3-1-2-4-20(19)27-18-13-25(14-18)21-12-9-16(23-24-21)8-5-15-6-10-17(26)11-7-15/h1-4,6-7,9-12,18,26H,13-14H2. The Balaban J connectivity index is 1.34. The summed E-state index contributed by atoms with van der Waals surface area (Å²) in [6.45, 7) is 1.25. The number of para-hydroxylation sites is 1. The molecule has 0 saturated carbocycles. The van der Waals surface area contributed by atoms with Crippen molar-refractivity contribution in [2.24, 2.45) is 0 Å². The van der Waals surface area contributed by atoms with Crippen molar-refractivity contribution in [2.45, 2.75) is 6.10 Å². The molecule has 27 heavy (non-hydrogen) atoms. The third-order valence-electron chi connectivity index (χ3n) is 4.16. The minimum atomic E-state index is -0.354. The van der Waals surface area contributed by atoms with Crippen LogP contribution < -0.4 is 9.64 Å². The average Bonchev–Trinajstić information content (AvgIpc) is 2.66. The summed E-state index contributed by atoms with van der Waals surface area (Å²) in [5.41, 5.74) is 1.35. The van der Waals surface area contributed by atoms with Gasteiger partial charge >= 0.3 is 0 Å². The maximum atomic E-state index is 13.6. The van der Waals surface area contributed by atoms with Gasteiger partial charge in [-0.3, -0.25) is 0 Å². The number of phenolic OH excluding ortho intramolecular Hbond substituents is 1. The lowest BCUT2D eigenvalue weighted by Crippen LogP contribution is -2.54. The van der Waals surface area contributed by atoms with Gasteiger partial charge in [0.05, 0.1) is 13.1 Å². The van der Waals surface area contributed by atoms with E-state index < -0.39 is 0 Å². The Bertz CT molecular complexity index is 988. The fraction of sp³-hybridized carbons (Fsp3) is 0.143. The number of hydrogen-bond donors (Lipinski definition) is 1. The molecule has 0 bridgehead atoms. The van der Waals surface area contributed by atoms with E-state index >= 15 is 0 Å². The molecule has 1 saturated heterocycles. The zero-order chi connectivity index (χ0) is 18.6. The minimum absolute atomic E-state index is 0.0716. The lowest BCUT2D eigenvalue weighted by molar-refractivity contribution is 0.160. The van der Waals surface area contributed by atoms with Gasteiger partial charge in [0, 0.05) is 5.56 Å². The van der Waals surface area contributed by atoms with Gasteiger partial charge in [-0.1, -0.05) is 18.1 Å². The first-order valence-corrected chi connectivity index (χ1v) is 8.48. The molecule has 4 rings (SSSR count). The van der Waals surface area contributed by atoms with Gasteiger partial charge < -0.3 is 14.7 Å². The van der Waals surface area contributed by atoms with Gasteiger partial charge in [-0.25, -0.2) is 4.39 Å². The van der Waals surface area contributed by atoms with Crippen molar-refractivity contribution in [1.29, 1.82) is 0 Å². The molecule has 0 amide bonds. The van der Waals surface area contributed by atoms with Crippen LogP contribution in [0.1, 0.15) is 11.3 Å². The summed E-state index contributed by atoms with van der Waals surface area (Å²) in [6.07, 6.45) is -0.0716. The van der Waals surface area contributed by atoms with Crippen molar-refractivity contribution in [2.75, 3.05) is 18.0 Å². The normalized spacial score (nSPS) is 13.4. The van der Waals surface area contributed by atoms with Crippen molar-refractivity contribution < 1.29 is 14.2 Å². The van der Waals surface area contributed by atoms with Crippen molar-refractivity contribution in [3.63, 3.8) is 0 Å². The van der Waals surface area contributed by atoms with E-state index in [2.05, 4.69) is 22.0 Å². The second-order valence-electron chi connectivity index (χ2n) is 6.15. The number of ether oxygens (including phenoxy) is 1. The van der Waals surface area contributed by atoms with E-state index in [-0.39, 0.29) is 23.4 Å². The van der Waals surface area contributed by atoms with Crippen molar-refractivity contribution in [1.82, 2.24) is 10.2 Å². The topological polar surface area (TPSA) is 58.5 Å². The van der Waals surface area contributed by atoms with Crippen molar-refractivity contribution >= 4 is 5.82 Å². The molecule has 1 N–H and O–H groups in total. The molecule has 2 heterocycles. The number of anilines is 1. The number of aromatic nitrogens is 2. The first kappa shape index (κ1) is 16.9. The predicted octanol–water partition coefficient (Wildman–Crippen LogP) is 2.99. The summed E-state index contributed by atoms with van der Waals surface area (Å²) in [4.78, 5) is 2.01. The van der Waals surface area contributed by atoms with Crippen LogP contribution in [-0.2, 0) is 0 Å². The number of hydrogen-bond acceptors (Lipinski definition) is 5. The molecule has 134 valence electrons. The van der Waals surface area contributed by atoms with Gasteiger partial charge in [0.25, 0.3) is 0 Å². The molecule has 0 radical (unpaired) electrons. The van der Waals surface area contributed by atoms with Crippen molar-refractivity contribution in [3.05, 3.63) is 77.7 Å². The molecule has 0 unspecified atom stereocenters. The molecular weight excluding hydrogens is 345 g/mol.